The quantitative estimate of drug-likeness (QED) is 0.784. The standard InChI is InChI=1S/C13H25NS/c1-11(13(5)7-6-9-14-13)15-10-8-12(2,3)4/h14H,1,6-10H2,2-5H3. The van der Waals surface area contributed by atoms with Crippen molar-refractivity contribution < 1.29 is 0 Å². The van der Waals surface area contributed by atoms with E-state index in [-0.39, 0.29) is 5.54 Å². The summed E-state index contributed by atoms with van der Waals surface area (Å²) in [5.74, 6) is 1.19. The molecule has 1 saturated heterocycles. The molecule has 0 amide bonds. The highest BCUT2D eigenvalue weighted by atomic mass is 32.2. The average molecular weight is 227 g/mol. The van der Waals surface area contributed by atoms with Crippen molar-refractivity contribution in [2.75, 3.05) is 12.3 Å². The van der Waals surface area contributed by atoms with Crippen LogP contribution in [-0.4, -0.2) is 17.8 Å². The molecule has 0 aromatic rings. The summed E-state index contributed by atoms with van der Waals surface area (Å²) in [5, 5.41) is 3.56. The lowest BCUT2D eigenvalue weighted by Gasteiger charge is -2.27. The zero-order valence-corrected chi connectivity index (χ0v) is 11.5. The normalized spacial score (nSPS) is 26.9. The van der Waals surface area contributed by atoms with E-state index in [1.165, 1.54) is 29.9 Å². The van der Waals surface area contributed by atoms with Gasteiger partial charge in [-0.15, -0.1) is 11.8 Å². The third-order valence-corrected chi connectivity index (χ3v) is 4.32. The Morgan fingerprint density at radius 2 is 2.13 bits per heavy atom. The number of rotatable bonds is 4. The molecular weight excluding hydrogens is 202 g/mol. The van der Waals surface area contributed by atoms with Crippen LogP contribution in [0.3, 0.4) is 0 Å². The van der Waals surface area contributed by atoms with Crippen LogP contribution in [0.4, 0.5) is 0 Å². The zero-order valence-electron chi connectivity index (χ0n) is 10.7. The van der Waals surface area contributed by atoms with Gasteiger partial charge in [0.2, 0.25) is 0 Å². The van der Waals surface area contributed by atoms with Crippen molar-refractivity contribution in [3.63, 3.8) is 0 Å². The first-order valence-electron chi connectivity index (χ1n) is 5.91. The summed E-state index contributed by atoms with van der Waals surface area (Å²) in [6, 6.07) is 0. The van der Waals surface area contributed by atoms with Crippen molar-refractivity contribution in [2.45, 2.75) is 52.5 Å². The van der Waals surface area contributed by atoms with Crippen LogP contribution in [0.2, 0.25) is 0 Å². The van der Waals surface area contributed by atoms with Gasteiger partial charge in [0.05, 0.1) is 0 Å². The minimum atomic E-state index is 0.197. The maximum Gasteiger partial charge on any atom is 0.0460 e. The summed E-state index contributed by atoms with van der Waals surface area (Å²) >= 11 is 1.94. The van der Waals surface area contributed by atoms with Gasteiger partial charge in [-0.2, -0.15) is 0 Å². The lowest BCUT2D eigenvalue weighted by atomic mass is 9.94. The molecule has 1 unspecified atom stereocenters. The van der Waals surface area contributed by atoms with Gasteiger partial charge in [0, 0.05) is 5.54 Å². The van der Waals surface area contributed by atoms with E-state index >= 15 is 0 Å². The Bertz CT molecular complexity index is 221. The van der Waals surface area contributed by atoms with E-state index in [0.29, 0.717) is 5.41 Å². The molecule has 0 aromatic heterocycles. The van der Waals surface area contributed by atoms with Crippen LogP contribution < -0.4 is 5.32 Å². The number of hydrogen-bond donors (Lipinski definition) is 1. The number of hydrogen-bond acceptors (Lipinski definition) is 2. The van der Waals surface area contributed by atoms with Crippen molar-refractivity contribution in [2.24, 2.45) is 5.41 Å². The first-order valence-corrected chi connectivity index (χ1v) is 6.89. The van der Waals surface area contributed by atoms with Crippen LogP contribution in [0.1, 0.15) is 47.0 Å². The molecule has 1 N–H and O–H groups in total. The molecule has 1 rings (SSSR count). The molecule has 88 valence electrons. The highest BCUT2D eigenvalue weighted by molar-refractivity contribution is 8.03. The van der Waals surface area contributed by atoms with Crippen molar-refractivity contribution >= 4 is 11.8 Å². The van der Waals surface area contributed by atoms with Gasteiger partial charge in [-0.25, -0.2) is 0 Å². The summed E-state index contributed by atoms with van der Waals surface area (Å²) in [6.07, 6.45) is 3.79. The fourth-order valence-corrected chi connectivity index (χ4v) is 3.23. The molecule has 0 radical (unpaired) electrons. The number of nitrogens with one attached hydrogen (secondary N) is 1. The van der Waals surface area contributed by atoms with Crippen molar-refractivity contribution in [3.8, 4) is 0 Å². The van der Waals surface area contributed by atoms with E-state index in [4.69, 9.17) is 0 Å². The van der Waals surface area contributed by atoms with Gasteiger partial charge in [-0.05, 0) is 48.8 Å². The first kappa shape index (κ1) is 13.1. The third kappa shape index (κ3) is 4.20. The Morgan fingerprint density at radius 1 is 1.47 bits per heavy atom. The lowest BCUT2D eigenvalue weighted by Crippen LogP contribution is -2.36. The van der Waals surface area contributed by atoms with Crippen LogP contribution in [0.15, 0.2) is 11.5 Å². The van der Waals surface area contributed by atoms with Crippen LogP contribution in [-0.2, 0) is 0 Å². The first-order chi connectivity index (χ1) is 6.83. The van der Waals surface area contributed by atoms with Gasteiger partial charge >= 0.3 is 0 Å². The predicted molar refractivity (Wildman–Crippen MR) is 71.3 cm³/mol. The smallest absolute Gasteiger partial charge is 0.0460 e. The molecule has 0 aliphatic carbocycles. The molecule has 0 bridgehead atoms. The van der Waals surface area contributed by atoms with E-state index < -0.39 is 0 Å². The topological polar surface area (TPSA) is 12.0 Å². The molecule has 1 nitrogen and oxygen atoms in total. The Kier molecular flexibility index (Phi) is 4.30. The molecule has 1 atom stereocenters. The summed E-state index contributed by atoms with van der Waals surface area (Å²) < 4.78 is 0. The Hall–Kier alpha value is 0.0500. The van der Waals surface area contributed by atoms with Crippen LogP contribution in [0.25, 0.3) is 0 Å². The summed E-state index contributed by atoms with van der Waals surface area (Å²) in [7, 11) is 0. The largest absolute Gasteiger partial charge is 0.307 e. The van der Waals surface area contributed by atoms with Gasteiger partial charge in [0.15, 0.2) is 0 Å². The summed E-state index contributed by atoms with van der Waals surface area (Å²) in [6.45, 7) is 14.6. The second-order valence-electron chi connectivity index (χ2n) is 5.94. The highest BCUT2D eigenvalue weighted by Gasteiger charge is 2.31. The molecule has 1 aliphatic heterocycles. The second-order valence-corrected chi connectivity index (χ2v) is 7.13. The Labute approximate surface area is 99.1 Å². The van der Waals surface area contributed by atoms with E-state index in [9.17, 15) is 0 Å². The monoisotopic (exact) mass is 227 g/mol. The molecule has 15 heavy (non-hydrogen) atoms. The molecule has 0 aromatic carbocycles. The van der Waals surface area contributed by atoms with E-state index in [1.807, 2.05) is 11.8 Å². The maximum atomic E-state index is 4.23. The molecular formula is C13H25NS. The van der Waals surface area contributed by atoms with E-state index in [1.54, 1.807) is 0 Å². The fourth-order valence-electron chi connectivity index (χ4n) is 1.77. The Balaban J connectivity index is 2.30. The van der Waals surface area contributed by atoms with Gasteiger partial charge in [-0.1, -0.05) is 27.4 Å². The highest BCUT2D eigenvalue weighted by Crippen LogP contribution is 2.34. The van der Waals surface area contributed by atoms with E-state index in [2.05, 4.69) is 39.6 Å². The van der Waals surface area contributed by atoms with Gasteiger partial charge < -0.3 is 5.32 Å². The second kappa shape index (κ2) is 4.92. The van der Waals surface area contributed by atoms with Gasteiger partial charge in [-0.3, -0.25) is 0 Å². The molecule has 1 fully saturated rings. The third-order valence-electron chi connectivity index (χ3n) is 3.11. The van der Waals surface area contributed by atoms with Gasteiger partial charge in [0.25, 0.3) is 0 Å². The number of thioether (sulfide) groups is 1. The Morgan fingerprint density at radius 3 is 2.60 bits per heavy atom. The summed E-state index contributed by atoms with van der Waals surface area (Å²) in [5.41, 5.74) is 0.639. The molecule has 1 aliphatic rings. The van der Waals surface area contributed by atoms with Crippen LogP contribution in [0.5, 0.6) is 0 Å². The van der Waals surface area contributed by atoms with Crippen molar-refractivity contribution in [1.82, 2.24) is 5.32 Å². The molecule has 0 spiro atoms. The van der Waals surface area contributed by atoms with Crippen LogP contribution in [0, 0.1) is 5.41 Å². The molecule has 1 heterocycles. The predicted octanol–water partition coefficient (Wildman–Crippen LogP) is 3.81. The SMILES string of the molecule is C=C(SCCC(C)(C)C)C1(C)CCCN1. The minimum Gasteiger partial charge on any atom is -0.307 e. The van der Waals surface area contributed by atoms with Crippen molar-refractivity contribution in [3.05, 3.63) is 11.5 Å². The fraction of sp³-hybridized carbons (Fsp3) is 0.846. The van der Waals surface area contributed by atoms with Crippen molar-refractivity contribution in [1.29, 1.82) is 0 Å². The average Bonchev–Trinajstić information content (AvgIpc) is 2.51. The zero-order chi connectivity index (χ0) is 11.5. The molecule has 0 saturated carbocycles. The maximum absolute atomic E-state index is 4.23. The van der Waals surface area contributed by atoms with E-state index in [0.717, 1.165) is 6.54 Å². The molecule has 2 heteroatoms. The summed E-state index contributed by atoms with van der Waals surface area (Å²) in [4.78, 5) is 1.32. The van der Waals surface area contributed by atoms with Gasteiger partial charge in [0.1, 0.15) is 0 Å². The lowest BCUT2D eigenvalue weighted by molar-refractivity contribution is 0.401. The van der Waals surface area contributed by atoms with Crippen LogP contribution >= 0.6 is 11.8 Å². The minimum absolute atomic E-state index is 0.197.